The third-order valence-corrected chi connectivity index (χ3v) is 3.98. The maximum absolute atomic E-state index is 9.89. The SMILES string of the molecule is CC1(O)CCN(CCOc2ccc(C(N)=S)cc2)CC1. The van der Waals surface area contributed by atoms with E-state index in [1.54, 1.807) is 0 Å². The van der Waals surface area contributed by atoms with Crippen LogP contribution in [0.3, 0.4) is 0 Å². The molecule has 5 heteroatoms. The molecule has 3 N–H and O–H groups in total. The molecular formula is C15H22N2O2S. The molecule has 1 fully saturated rings. The molecule has 0 aliphatic carbocycles. The van der Waals surface area contributed by atoms with Gasteiger partial charge in [-0.05, 0) is 44.0 Å². The van der Waals surface area contributed by atoms with Gasteiger partial charge in [0.1, 0.15) is 17.3 Å². The topological polar surface area (TPSA) is 58.7 Å². The Bertz CT molecular complexity index is 449. The molecule has 0 bridgehead atoms. The van der Waals surface area contributed by atoms with E-state index in [1.807, 2.05) is 31.2 Å². The smallest absolute Gasteiger partial charge is 0.119 e. The molecule has 0 amide bonds. The van der Waals surface area contributed by atoms with Crippen LogP contribution in [0.15, 0.2) is 24.3 Å². The van der Waals surface area contributed by atoms with Gasteiger partial charge in [0.05, 0.1) is 5.60 Å². The Balaban J connectivity index is 1.72. The van der Waals surface area contributed by atoms with Crippen molar-refractivity contribution >= 4 is 17.2 Å². The number of aliphatic hydroxyl groups is 1. The van der Waals surface area contributed by atoms with Crippen molar-refractivity contribution in [2.24, 2.45) is 5.73 Å². The molecule has 110 valence electrons. The van der Waals surface area contributed by atoms with Crippen LogP contribution in [-0.4, -0.2) is 46.8 Å². The van der Waals surface area contributed by atoms with Crippen LogP contribution >= 0.6 is 12.2 Å². The number of nitrogens with two attached hydrogens (primary N) is 1. The van der Waals surface area contributed by atoms with E-state index >= 15 is 0 Å². The molecule has 1 heterocycles. The van der Waals surface area contributed by atoms with Gasteiger partial charge >= 0.3 is 0 Å². The second kappa shape index (κ2) is 6.52. The van der Waals surface area contributed by atoms with Gasteiger partial charge in [-0.2, -0.15) is 0 Å². The summed E-state index contributed by atoms with van der Waals surface area (Å²) in [6, 6.07) is 7.51. The first kappa shape index (κ1) is 15.2. The highest BCUT2D eigenvalue weighted by molar-refractivity contribution is 7.80. The highest BCUT2D eigenvalue weighted by Crippen LogP contribution is 2.20. The van der Waals surface area contributed by atoms with Crippen molar-refractivity contribution in [2.75, 3.05) is 26.2 Å². The predicted molar refractivity (Wildman–Crippen MR) is 84.1 cm³/mol. The number of thiocarbonyl (C=S) groups is 1. The number of piperidine rings is 1. The van der Waals surface area contributed by atoms with E-state index in [0.717, 1.165) is 43.8 Å². The van der Waals surface area contributed by atoms with Gasteiger partial charge in [0, 0.05) is 25.2 Å². The van der Waals surface area contributed by atoms with Crippen LogP contribution in [0, 0.1) is 0 Å². The van der Waals surface area contributed by atoms with Crippen LogP contribution in [0.5, 0.6) is 5.75 Å². The molecule has 0 unspecified atom stereocenters. The average Bonchev–Trinajstić information content (AvgIpc) is 2.41. The minimum Gasteiger partial charge on any atom is -0.492 e. The molecule has 1 aromatic rings. The van der Waals surface area contributed by atoms with Crippen molar-refractivity contribution < 1.29 is 9.84 Å². The average molecular weight is 294 g/mol. The Morgan fingerprint density at radius 3 is 2.50 bits per heavy atom. The normalized spacial score (nSPS) is 18.7. The lowest BCUT2D eigenvalue weighted by molar-refractivity contribution is -0.00768. The van der Waals surface area contributed by atoms with Gasteiger partial charge in [-0.15, -0.1) is 0 Å². The van der Waals surface area contributed by atoms with Crippen LogP contribution in [0.2, 0.25) is 0 Å². The molecule has 1 aromatic carbocycles. The maximum atomic E-state index is 9.89. The van der Waals surface area contributed by atoms with E-state index in [1.165, 1.54) is 0 Å². The highest BCUT2D eigenvalue weighted by atomic mass is 32.1. The third kappa shape index (κ3) is 4.44. The zero-order valence-corrected chi connectivity index (χ0v) is 12.7. The number of ether oxygens (including phenoxy) is 1. The Morgan fingerprint density at radius 2 is 1.95 bits per heavy atom. The number of hydrogen-bond acceptors (Lipinski definition) is 4. The van der Waals surface area contributed by atoms with Gasteiger partial charge in [-0.25, -0.2) is 0 Å². The van der Waals surface area contributed by atoms with E-state index in [2.05, 4.69) is 4.90 Å². The van der Waals surface area contributed by atoms with Gasteiger partial charge in [0.2, 0.25) is 0 Å². The first-order valence-corrected chi connectivity index (χ1v) is 7.34. The Labute approximate surface area is 125 Å². The fourth-order valence-electron chi connectivity index (χ4n) is 2.27. The molecule has 1 aliphatic rings. The van der Waals surface area contributed by atoms with Crippen molar-refractivity contribution in [1.29, 1.82) is 0 Å². The summed E-state index contributed by atoms with van der Waals surface area (Å²) < 4.78 is 5.71. The summed E-state index contributed by atoms with van der Waals surface area (Å²) >= 11 is 4.91. The number of rotatable bonds is 5. The molecule has 0 saturated carbocycles. The van der Waals surface area contributed by atoms with Crippen molar-refractivity contribution in [3.63, 3.8) is 0 Å². The first-order chi connectivity index (χ1) is 9.46. The second-order valence-electron chi connectivity index (χ2n) is 5.58. The number of hydrogen-bond donors (Lipinski definition) is 2. The monoisotopic (exact) mass is 294 g/mol. The molecule has 1 saturated heterocycles. The van der Waals surface area contributed by atoms with Crippen LogP contribution in [0.25, 0.3) is 0 Å². The van der Waals surface area contributed by atoms with Crippen LogP contribution in [-0.2, 0) is 0 Å². The lowest BCUT2D eigenvalue weighted by Gasteiger charge is -2.35. The molecule has 4 nitrogen and oxygen atoms in total. The first-order valence-electron chi connectivity index (χ1n) is 6.94. The van der Waals surface area contributed by atoms with Gasteiger partial charge in [0.15, 0.2) is 0 Å². The quantitative estimate of drug-likeness (QED) is 0.807. The Morgan fingerprint density at radius 1 is 1.35 bits per heavy atom. The van der Waals surface area contributed by atoms with Gasteiger partial charge in [0.25, 0.3) is 0 Å². The fourth-order valence-corrected chi connectivity index (χ4v) is 2.40. The minimum absolute atomic E-state index is 0.400. The zero-order valence-electron chi connectivity index (χ0n) is 11.8. The molecule has 1 aliphatic heterocycles. The second-order valence-corrected chi connectivity index (χ2v) is 6.02. The summed E-state index contributed by atoms with van der Waals surface area (Å²) in [5.41, 5.74) is 5.91. The van der Waals surface area contributed by atoms with Gasteiger partial charge in [-0.3, -0.25) is 4.90 Å². The maximum Gasteiger partial charge on any atom is 0.119 e. The lowest BCUT2D eigenvalue weighted by Crippen LogP contribution is -2.43. The van der Waals surface area contributed by atoms with Crippen LogP contribution in [0.1, 0.15) is 25.3 Å². The summed E-state index contributed by atoms with van der Waals surface area (Å²) in [6.07, 6.45) is 1.66. The molecule has 0 spiro atoms. The lowest BCUT2D eigenvalue weighted by atomic mass is 9.94. The molecule has 2 rings (SSSR count). The van der Waals surface area contributed by atoms with E-state index < -0.39 is 5.60 Å². The largest absolute Gasteiger partial charge is 0.492 e. The third-order valence-electron chi connectivity index (χ3n) is 3.75. The Hall–Kier alpha value is -1.17. The summed E-state index contributed by atoms with van der Waals surface area (Å²) in [5.74, 6) is 0.828. The molecule has 0 aromatic heterocycles. The zero-order chi connectivity index (χ0) is 14.6. The predicted octanol–water partition coefficient (Wildman–Crippen LogP) is 1.55. The minimum atomic E-state index is -0.492. The summed E-state index contributed by atoms with van der Waals surface area (Å²) in [4.78, 5) is 2.72. The summed E-state index contributed by atoms with van der Waals surface area (Å²) in [7, 11) is 0. The Kier molecular flexibility index (Phi) is 4.96. The van der Waals surface area contributed by atoms with E-state index in [4.69, 9.17) is 22.7 Å². The van der Waals surface area contributed by atoms with Crippen LogP contribution < -0.4 is 10.5 Å². The summed E-state index contributed by atoms with van der Waals surface area (Å²) in [6.45, 7) is 5.29. The standard InChI is InChI=1S/C15H22N2O2S/c1-15(18)6-8-17(9-7-15)10-11-19-13-4-2-12(3-5-13)14(16)20/h2-5,18H,6-11H2,1H3,(H2,16,20). The molecule has 0 atom stereocenters. The van der Waals surface area contributed by atoms with Gasteiger partial charge in [-0.1, -0.05) is 12.2 Å². The van der Waals surface area contributed by atoms with Crippen LogP contribution in [0.4, 0.5) is 0 Å². The number of nitrogens with zero attached hydrogens (tertiary/aromatic N) is 1. The molecular weight excluding hydrogens is 272 g/mol. The summed E-state index contributed by atoms with van der Waals surface area (Å²) in [5, 5.41) is 9.89. The number of benzene rings is 1. The van der Waals surface area contributed by atoms with Crippen molar-refractivity contribution in [3.8, 4) is 5.75 Å². The van der Waals surface area contributed by atoms with E-state index in [0.29, 0.717) is 11.6 Å². The van der Waals surface area contributed by atoms with E-state index in [-0.39, 0.29) is 0 Å². The highest BCUT2D eigenvalue weighted by Gasteiger charge is 2.26. The van der Waals surface area contributed by atoms with Gasteiger partial charge < -0.3 is 15.6 Å². The van der Waals surface area contributed by atoms with Crippen molar-refractivity contribution in [1.82, 2.24) is 4.90 Å². The number of likely N-dealkylation sites (tertiary alicyclic amines) is 1. The molecule has 20 heavy (non-hydrogen) atoms. The molecule has 0 radical (unpaired) electrons. The van der Waals surface area contributed by atoms with Crippen molar-refractivity contribution in [3.05, 3.63) is 29.8 Å². The van der Waals surface area contributed by atoms with Crippen molar-refractivity contribution in [2.45, 2.75) is 25.4 Å². The fraction of sp³-hybridized carbons (Fsp3) is 0.533. The van der Waals surface area contributed by atoms with E-state index in [9.17, 15) is 5.11 Å².